The standard InChI is InChI=1S/C16H20F5N5O/c1-9(16(19,20)21)22-13-24-12(10-3-2-5-15(17,18)7-10)25-14(26-13)23-11-4-6-27-8-11/h7,9,11H,2-6,8H2,1H3,(H2,22,23,24,25,26)/t9?,11-/m0/s1. The molecule has 1 fully saturated rings. The first-order chi connectivity index (χ1) is 12.6. The van der Waals surface area contributed by atoms with Crippen molar-refractivity contribution in [1.29, 1.82) is 0 Å². The van der Waals surface area contributed by atoms with Crippen molar-refractivity contribution in [1.82, 2.24) is 15.0 Å². The third-order valence-electron chi connectivity index (χ3n) is 4.36. The second-order valence-corrected chi connectivity index (χ2v) is 6.70. The first-order valence-corrected chi connectivity index (χ1v) is 8.66. The number of nitrogens with zero attached hydrogens (tertiary/aromatic N) is 3. The maximum atomic E-state index is 13.7. The van der Waals surface area contributed by atoms with Crippen LogP contribution in [0.25, 0.3) is 5.57 Å². The van der Waals surface area contributed by atoms with Gasteiger partial charge in [-0.05, 0) is 37.8 Å². The first-order valence-electron chi connectivity index (χ1n) is 8.66. The molecule has 1 aromatic rings. The van der Waals surface area contributed by atoms with E-state index in [1.54, 1.807) is 0 Å². The van der Waals surface area contributed by atoms with Crippen LogP contribution in [0.4, 0.5) is 33.8 Å². The molecule has 1 unspecified atom stereocenters. The molecule has 1 saturated heterocycles. The molecule has 1 aliphatic carbocycles. The Morgan fingerprint density at radius 1 is 1.22 bits per heavy atom. The molecule has 2 N–H and O–H groups in total. The maximum Gasteiger partial charge on any atom is 0.408 e. The Labute approximate surface area is 152 Å². The zero-order valence-electron chi connectivity index (χ0n) is 14.6. The molecule has 27 heavy (non-hydrogen) atoms. The Morgan fingerprint density at radius 2 is 1.96 bits per heavy atom. The summed E-state index contributed by atoms with van der Waals surface area (Å²) < 4.78 is 71.1. The topological polar surface area (TPSA) is 72.0 Å². The molecule has 2 aliphatic rings. The van der Waals surface area contributed by atoms with E-state index in [-0.39, 0.29) is 42.2 Å². The molecule has 0 aromatic carbocycles. The molecule has 1 aliphatic heterocycles. The van der Waals surface area contributed by atoms with Gasteiger partial charge in [0, 0.05) is 13.0 Å². The first kappa shape index (κ1) is 19.7. The second kappa shape index (κ2) is 7.53. The zero-order chi connectivity index (χ0) is 19.7. The van der Waals surface area contributed by atoms with Crippen molar-refractivity contribution in [3.8, 4) is 0 Å². The molecular formula is C16H20F5N5O. The molecule has 0 spiro atoms. The van der Waals surface area contributed by atoms with E-state index in [0.29, 0.717) is 26.1 Å². The lowest BCUT2D eigenvalue weighted by molar-refractivity contribution is -0.138. The van der Waals surface area contributed by atoms with Crippen molar-refractivity contribution in [2.45, 2.75) is 56.8 Å². The van der Waals surface area contributed by atoms with E-state index < -0.39 is 18.1 Å². The fourth-order valence-corrected chi connectivity index (χ4v) is 2.85. The van der Waals surface area contributed by atoms with E-state index >= 15 is 0 Å². The smallest absolute Gasteiger partial charge is 0.379 e. The molecule has 0 radical (unpaired) electrons. The van der Waals surface area contributed by atoms with Gasteiger partial charge in [0.05, 0.1) is 12.6 Å². The highest BCUT2D eigenvalue weighted by atomic mass is 19.4. The summed E-state index contributed by atoms with van der Waals surface area (Å²) in [5, 5.41) is 5.14. The molecule has 150 valence electrons. The lowest BCUT2D eigenvalue weighted by Gasteiger charge is -2.22. The van der Waals surface area contributed by atoms with Gasteiger partial charge < -0.3 is 15.4 Å². The number of halogens is 5. The van der Waals surface area contributed by atoms with Gasteiger partial charge in [-0.2, -0.15) is 28.1 Å². The molecule has 0 saturated carbocycles. The summed E-state index contributed by atoms with van der Waals surface area (Å²) in [4.78, 5) is 12.1. The van der Waals surface area contributed by atoms with Crippen LogP contribution < -0.4 is 10.6 Å². The number of hydrogen-bond donors (Lipinski definition) is 2. The summed E-state index contributed by atoms with van der Waals surface area (Å²) in [6.07, 6.45) is -2.75. The molecule has 0 amide bonds. The van der Waals surface area contributed by atoms with Crippen LogP contribution in [0, 0.1) is 0 Å². The van der Waals surface area contributed by atoms with E-state index in [2.05, 4.69) is 25.6 Å². The SMILES string of the molecule is CC(Nc1nc(N[C@H]2CCOC2)nc(C2=CC(F)(F)CCC2)n1)C(F)(F)F. The Balaban J connectivity index is 1.91. The van der Waals surface area contributed by atoms with Gasteiger partial charge in [0.15, 0.2) is 5.82 Å². The molecule has 3 rings (SSSR count). The summed E-state index contributed by atoms with van der Waals surface area (Å²) in [5.41, 5.74) is 0.196. The van der Waals surface area contributed by atoms with E-state index in [1.807, 2.05) is 0 Å². The summed E-state index contributed by atoms with van der Waals surface area (Å²) in [6.45, 7) is 1.88. The highest BCUT2D eigenvalue weighted by molar-refractivity contribution is 5.63. The largest absolute Gasteiger partial charge is 0.408 e. The minimum absolute atomic E-state index is 0.0298. The average molecular weight is 393 g/mol. The normalized spacial score (nSPS) is 23.6. The molecule has 2 heterocycles. The van der Waals surface area contributed by atoms with Crippen molar-refractivity contribution < 1.29 is 26.7 Å². The van der Waals surface area contributed by atoms with Gasteiger partial charge in [-0.1, -0.05) is 0 Å². The molecule has 2 atom stereocenters. The third-order valence-corrected chi connectivity index (χ3v) is 4.36. The lowest BCUT2D eigenvalue weighted by Crippen LogP contribution is -2.34. The van der Waals surface area contributed by atoms with E-state index in [9.17, 15) is 22.0 Å². The molecule has 11 heteroatoms. The van der Waals surface area contributed by atoms with Crippen molar-refractivity contribution >= 4 is 17.5 Å². The van der Waals surface area contributed by atoms with E-state index in [1.165, 1.54) is 0 Å². The van der Waals surface area contributed by atoms with E-state index in [4.69, 9.17) is 4.74 Å². The van der Waals surface area contributed by atoms with Gasteiger partial charge in [0.1, 0.15) is 6.04 Å². The highest BCUT2D eigenvalue weighted by Crippen LogP contribution is 2.35. The van der Waals surface area contributed by atoms with Crippen LogP contribution in [0.1, 0.15) is 38.4 Å². The van der Waals surface area contributed by atoms with Gasteiger partial charge in [-0.15, -0.1) is 0 Å². The molecule has 0 bridgehead atoms. The number of nitrogens with one attached hydrogen (secondary N) is 2. The number of alkyl halides is 5. The minimum atomic E-state index is -4.50. The second-order valence-electron chi connectivity index (χ2n) is 6.70. The number of hydrogen-bond acceptors (Lipinski definition) is 6. The Kier molecular flexibility index (Phi) is 5.50. The van der Waals surface area contributed by atoms with Gasteiger partial charge in [0.25, 0.3) is 5.92 Å². The fourth-order valence-electron chi connectivity index (χ4n) is 2.85. The summed E-state index contributed by atoms with van der Waals surface area (Å²) >= 11 is 0. The summed E-state index contributed by atoms with van der Waals surface area (Å²) in [5.74, 6) is -3.33. The third kappa shape index (κ3) is 5.24. The van der Waals surface area contributed by atoms with Gasteiger partial charge >= 0.3 is 6.18 Å². The predicted molar refractivity (Wildman–Crippen MR) is 88.6 cm³/mol. The van der Waals surface area contributed by atoms with Crippen LogP contribution in [0.3, 0.4) is 0 Å². The monoisotopic (exact) mass is 393 g/mol. The average Bonchev–Trinajstić information content (AvgIpc) is 3.05. The fraction of sp³-hybridized carbons (Fsp3) is 0.688. The Morgan fingerprint density at radius 3 is 2.59 bits per heavy atom. The molecular weight excluding hydrogens is 373 g/mol. The summed E-state index contributed by atoms with van der Waals surface area (Å²) in [6, 6.07) is -2.01. The van der Waals surface area contributed by atoms with Crippen LogP contribution in [0.2, 0.25) is 0 Å². The van der Waals surface area contributed by atoms with Crippen molar-refractivity contribution in [3.05, 3.63) is 11.9 Å². The zero-order valence-corrected chi connectivity index (χ0v) is 14.6. The number of anilines is 2. The number of aromatic nitrogens is 3. The van der Waals surface area contributed by atoms with Crippen molar-refractivity contribution in [2.75, 3.05) is 23.8 Å². The van der Waals surface area contributed by atoms with Crippen LogP contribution in [0.5, 0.6) is 0 Å². The van der Waals surface area contributed by atoms with Crippen LogP contribution >= 0.6 is 0 Å². The van der Waals surface area contributed by atoms with Crippen LogP contribution in [-0.2, 0) is 4.74 Å². The minimum Gasteiger partial charge on any atom is -0.379 e. The van der Waals surface area contributed by atoms with Gasteiger partial charge in [0.2, 0.25) is 11.9 Å². The summed E-state index contributed by atoms with van der Waals surface area (Å²) in [7, 11) is 0. The lowest BCUT2D eigenvalue weighted by atomic mass is 9.96. The van der Waals surface area contributed by atoms with Crippen LogP contribution in [-0.4, -0.2) is 52.3 Å². The molecule has 6 nitrogen and oxygen atoms in total. The Hall–Kier alpha value is -2.04. The highest BCUT2D eigenvalue weighted by Gasteiger charge is 2.37. The Bertz CT molecular complexity index is 703. The molecule has 1 aromatic heterocycles. The van der Waals surface area contributed by atoms with Crippen molar-refractivity contribution in [3.63, 3.8) is 0 Å². The number of ether oxygens (including phenoxy) is 1. The number of allylic oxidation sites excluding steroid dienone is 2. The quantitative estimate of drug-likeness (QED) is 0.745. The number of rotatable bonds is 5. The van der Waals surface area contributed by atoms with Gasteiger partial charge in [-0.25, -0.2) is 8.78 Å². The van der Waals surface area contributed by atoms with Gasteiger partial charge in [-0.3, -0.25) is 0 Å². The van der Waals surface area contributed by atoms with Crippen LogP contribution in [0.15, 0.2) is 6.08 Å². The maximum absolute atomic E-state index is 13.7. The predicted octanol–water partition coefficient (Wildman–Crippen LogP) is 3.64. The van der Waals surface area contributed by atoms with Crippen molar-refractivity contribution in [2.24, 2.45) is 0 Å². The van der Waals surface area contributed by atoms with E-state index in [0.717, 1.165) is 13.0 Å².